The van der Waals surface area contributed by atoms with E-state index in [2.05, 4.69) is 5.32 Å². The summed E-state index contributed by atoms with van der Waals surface area (Å²) in [5, 5.41) is 21.1. The monoisotopic (exact) mass is 510 g/mol. The SMILES string of the molecule is COC(=O)C(CCC(=O)c1cccs1)N[C@@H](C)C(=O)N1CCC[C@H]1C(=O)O.O=C(O)C(F)(F)F. The zero-order valence-corrected chi connectivity index (χ0v) is 19.1. The number of hydrogen-bond acceptors (Lipinski definition) is 8. The highest BCUT2D eigenvalue weighted by molar-refractivity contribution is 7.12. The Balaban J connectivity index is 0.000000718. The van der Waals surface area contributed by atoms with Gasteiger partial charge in [-0.1, -0.05) is 6.07 Å². The second kappa shape index (κ2) is 13.0. The van der Waals surface area contributed by atoms with Crippen LogP contribution in [0.15, 0.2) is 17.5 Å². The summed E-state index contributed by atoms with van der Waals surface area (Å²) in [4.78, 5) is 58.9. The first-order valence-corrected chi connectivity index (χ1v) is 10.9. The Morgan fingerprint density at radius 1 is 1.26 bits per heavy atom. The normalized spacial score (nSPS) is 17.2. The molecule has 1 aliphatic heterocycles. The second-order valence-electron chi connectivity index (χ2n) is 7.23. The number of nitrogens with zero attached hydrogens (tertiary/aromatic N) is 1. The van der Waals surface area contributed by atoms with Crippen molar-refractivity contribution in [3.63, 3.8) is 0 Å². The number of amides is 1. The minimum absolute atomic E-state index is 0.0785. The zero-order valence-electron chi connectivity index (χ0n) is 18.3. The summed E-state index contributed by atoms with van der Waals surface area (Å²) in [7, 11) is 1.24. The Bertz CT molecular complexity index is 876. The van der Waals surface area contributed by atoms with Crippen LogP contribution in [0, 0.1) is 0 Å². The lowest BCUT2D eigenvalue weighted by Gasteiger charge is -2.27. The molecular weight excluding hydrogens is 485 g/mol. The van der Waals surface area contributed by atoms with Gasteiger partial charge in [-0.2, -0.15) is 13.2 Å². The van der Waals surface area contributed by atoms with Crippen LogP contribution in [0.1, 0.15) is 42.3 Å². The van der Waals surface area contributed by atoms with Crippen molar-refractivity contribution in [1.82, 2.24) is 10.2 Å². The van der Waals surface area contributed by atoms with Crippen LogP contribution >= 0.6 is 11.3 Å². The van der Waals surface area contributed by atoms with Crippen molar-refractivity contribution < 1.29 is 52.1 Å². The van der Waals surface area contributed by atoms with Crippen LogP contribution in [-0.4, -0.2) is 82.7 Å². The van der Waals surface area contributed by atoms with Crippen molar-refractivity contribution in [2.75, 3.05) is 13.7 Å². The first-order chi connectivity index (χ1) is 15.8. The van der Waals surface area contributed by atoms with E-state index in [0.717, 1.165) is 0 Å². The van der Waals surface area contributed by atoms with Gasteiger partial charge in [0.15, 0.2) is 5.78 Å². The van der Waals surface area contributed by atoms with E-state index < -0.39 is 42.2 Å². The van der Waals surface area contributed by atoms with Gasteiger partial charge >= 0.3 is 24.1 Å². The van der Waals surface area contributed by atoms with Crippen LogP contribution in [0.2, 0.25) is 0 Å². The van der Waals surface area contributed by atoms with Gasteiger partial charge in [0.1, 0.15) is 12.1 Å². The topological polar surface area (TPSA) is 150 Å². The molecule has 0 radical (unpaired) electrons. The summed E-state index contributed by atoms with van der Waals surface area (Å²) >= 11 is 1.33. The predicted molar refractivity (Wildman–Crippen MR) is 112 cm³/mol. The molecule has 1 aromatic heterocycles. The van der Waals surface area contributed by atoms with Gasteiger partial charge in [0.2, 0.25) is 5.91 Å². The van der Waals surface area contributed by atoms with Gasteiger partial charge in [0, 0.05) is 13.0 Å². The molecule has 34 heavy (non-hydrogen) atoms. The van der Waals surface area contributed by atoms with Gasteiger partial charge in [-0.05, 0) is 37.6 Å². The van der Waals surface area contributed by atoms with E-state index in [-0.39, 0.29) is 24.5 Å². The van der Waals surface area contributed by atoms with E-state index in [1.54, 1.807) is 24.4 Å². The molecule has 1 aromatic rings. The molecule has 3 atom stereocenters. The number of nitrogens with one attached hydrogen (secondary N) is 1. The molecule has 0 aromatic carbocycles. The van der Waals surface area contributed by atoms with E-state index in [0.29, 0.717) is 24.3 Å². The minimum Gasteiger partial charge on any atom is -0.480 e. The fourth-order valence-corrected chi connectivity index (χ4v) is 3.85. The zero-order chi connectivity index (χ0) is 26.1. The summed E-state index contributed by atoms with van der Waals surface area (Å²) in [5.74, 6) is -4.81. The third-order valence-electron chi connectivity index (χ3n) is 4.83. The van der Waals surface area contributed by atoms with Gasteiger partial charge in [-0.15, -0.1) is 11.3 Å². The van der Waals surface area contributed by atoms with Crippen LogP contribution in [0.25, 0.3) is 0 Å². The molecule has 14 heteroatoms. The molecule has 1 saturated heterocycles. The van der Waals surface area contributed by atoms with Gasteiger partial charge in [0.25, 0.3) is 0 Å². The van der Waals surface area contributed by atoms with E-state index >= 15 is 0 Å². The van der Waals surface area contributed by atoms with E-state index in [1.165, 1.54) is 23.3 Å². The minimum atomic E-state index is -5.08. The third-order valence-corrected chi connectivity index (χ3v) is 5.74. The molecule has 0 spiro atoms. The number of halogens is 3. The number of likely N-dealkylation sites (tertiary alicyclic amines) is 1. The summed E-state index contributed by atoms with van der Waals surface area (Å²) in [6, 6.07) is 1.07. The number of carbonyl (C=O) groups is 5. The van der Waals surface area contributed by atoms with Crippen LogP contribution in [0.3, 0.4) is 0 Å². The van der Waals surface area contributed by atoms with Crippen molar-refractivity contribution in [2.45, 2.75) is 56.9 Å². The molecule has 2 rings (SSSR count). The van der Waals surface area contributed by atoms with Crippen LogP contribution in [0.4, 0.5) is 13.2 Å². The largest absolute Gasteiger partial charge is 0.490 e. The molecular formula is C20H25F3N2O8S. The first-order valence-electron chi connectivity index (χ1n) is 10.0. The molecule has 3 N–H and O–H groups in total. The number of esters is 1. The molecule has 0 bridgehead atoms. The number of carbonyl (C=O) groups excluding carboxylic acids is 3. The summed E-state index contributed by atoms with van der Waals surface area (Å²) < 4.78 is 36.5. The Morgan fingerprint density at radius 2 is 1.88 bits per heavy atom. The molecule has 190 valence electrons. The smallest absolute Gasteiger partial charge is 0.480 e. The number of aliphatic carboxylic acids is 2. The lowest BCUT2D eigenvalue weighted by molar-refractivity contribution is -0.192. The standard InChI is InChI=1S/C18H24N2O6S.C2HF3O2/c1-11(16(22)20-9-3-5-13(20)17(23)24)19-12(18(25)26-2)7-8-14(21)15-6-4-10-27-15;3-2(4,5)1(6)7/h4,6,10-13,19H,3,5,7-9H2,1-2H3,(H,23,24);(H,6,7)/t11-,12?,13-;/m0./s1. The van der Waals surface area contributed by atoms with Crippen molar-refractivity contribution in [2.24, 2.45) is 0 Å². The van der Waals surface area contributed by atoms with Crippen molar-refractivity contribution in [1.29, 1.82) is 0 Å². The molecule has 0 saturated carbocycles. The van der Waals surface area contributed by atoms with Crippen LogP contribution in [-0.2, 0) is 23.9 Å². The Labute approximate surface area is 196 Å². The van der Waals surface area contributed by atoms with E-state index in [4.69, 9.17) is 14.6 Å². The number of ketones is 1. The van der Waals surface area contributed by atoms with Gasteiger partial charge in [-0.3, -0.25) is 19.7 Å². The highest BCUT2D eigenvalue weighted by Gasteiger charge is 2.38. The predicted octanol–water partition coefficient (Wildman–Crippen LogP) is 1.94. The molecule has 1 fully saturated rings. The van der Waals surface area contributed by atoms with E-state index in [9.17, 15) is 37.5 Å². The number of methoxy groups -OCH3 is 1. The Hall–Kier alpha value is -3.00. The van der Waals surface area contributed by atoms with Crippen LogP contribution < -0.4 is 5.32 Å². The number of carboxylic acids is 2. The number of Topliss-reactive ketones (excluding diaryl/α,β-unsaturated/α-hetero) is 1. The maximum atomic E-state index is 12.6. The quantitative estimate of drug-likeness (QED) is 0.334. The highest BCUT2D eigenvalue weighted by Crippen LogP contribution is 2.19. The number of alkyl halides is 3. The number of carboxylic acid groups (broad SMARTS) is 2. The average Bonchev–Trinajstić information content (AvgIpc) is 3.47. The first kappa shape index (κ1) is 29.0. The van der Waals surface area contributed by atoms with Crippen molar-refractivity contribution in [3.05, 3.63) is 22.4 Å². The second-order valence-corrected chi connectivity index (χ2v) is 8.18. The Morgan fingerprint density at radius 3 is 2.35 bits per heavy atom. The fraction of sp³-hybridized carbons (Fsp3) is 0.550. The number of hydrogen-bond donors (Lipinski definition) is 3. The van der Waals surface area contributed by atoms with Crippen molar-refractivity contribution >= 4 is 40.9 Å². The summed E-state index contributed by atoms with van der Waals surface area (Å²) in [6.45, 7) is 1.96. The lowest BCUT2D eigenvalue weighted by atomic mass is 10.1. The lowest BCUT2D eigenvalue weighted by Crippen LogP contribution is -2.53. The average molecular weight is 510 g/mol. The maximum Gasteiger partial charge on any atom is 0.490 e. The van der Waals surface area contributed by atoms with Gasteiger partial charge in [0.05, 0.1) is 18.0 Å². The van der Waals surface area contributed by atoms with Crippen molar-refractivity contribution in [3.8, 4) is 0 Å². The van der Waals surface area contributed by atoms with Gasteiger partial charge in [-0.25, -0.2) is 9.59 Å². The fourth-order valence-electron chi connectivity index (χ4n) is 3.16. The maximum absolute atomic E-state index is 12.6. The Kier molecular flexibility index (Phi) is 11.1. The number of ether oxygens (including phenoxy) is 1. The molecule has 1 amide bonds. The summed E-state index contributed by atoms with van der Waals surface area (Å²) in [6.07, 6.45) is -3.71. The number of thiophene rings is 1. The third kappa shape index (κ3) is 8.74. The molecule has 10 nitrogen and oxygen atoms in total. The van der Waals surface area contributed by atoms with Crippen LogP contribution in [0.5, 0.6) is 0 Å². The molecule has 2 heterocycles. The van der Waals surface area contributed by atoms with E-state index in [1.807, 2.05) is 0 Å². The highest BCUT2D eigenvalue weighted by atomic mass is 32.1. The molecule has 0 aliphatic carbocycles. The summed E-state index contributed by atoms with van der Waals surface area (Å²) in [5.41, 5.74) is 0. The van der Waals surface area contributed by atoms with Gasteiger partial charge < -0.3 is 19.8 Å². The molecule has 1 unspecified atom stereocenters. The number of rotatable bonds is 9. The molecule has 1 aliphatic rings.